The van der Waals surface area contributed by atoms with Gasteiger partial charge in [-0.25, -0.2) is 4.39 Å². The van der Waals surface area contributed by atoms with Crippen molar-refractivity contribution in [3.63, 3.8) is 0 Å². The number of anilines is 2. The average Bonchev–Trinajstić information content (AvgIpc) is 3.32. The summed E-state index contributed by atoms with van der Waals surface area (Å²) in [7, 11) is 0. The minimum absolute atomic E-state index is 0.254. The third-order valence-electron chi connectivity index (χ3n) is 4.50. The summed E-state index contributed by atoms with van der Waals surface area (Å²) in [5.74, 6) is 0.591. The predicted octanol–water partition coefficient (Wildman–Crippen LogP) is 6.08. The maximum atomic E-state index is 13.8. The number of nitrogens with zero attached hydrogens (tertiary/aromatic N) is 4. The number of nitrogens with one attached hydrogen (secondary N) is 2. The molecular weight excluding hydrogens is 494 g/mol. The monoisotopic (exact) mass is 508 g/mol. The van der Waals surface area contributed by atoms with Gasteiger partial charge in [0.05, 0.1) is 13.1 Å². The molecule has 0 unspecified atom stereocenters. The van der Waals surface area contributed by atoms with Gasteiger partial charge >= 0.3 is 0 Å². The van der Waals surface area contributed by atoms with Gasteiger partial charge < -0.3 is 10.6 Å². The number of hydrogen-bond acceptors (Lipinski definition) is 3. The van der Waals surface area contributed by atoms with Crippen LogP contribution in [0, 0.1) is 5.82 Å². The van der Waals surface area contributed by atoms with Crippen molar-refractivity contribution < 1.29 is 4.39 Å². The zero-order valence-corrected chi connectivity index (χ0v) is 19.5. The highest BCUT2D eigenvalue weighted by molar-refractivity contribution is 7.80. The van der Waals surface area contributed by atoms with Crippen LogP contribution in [0.3, 0.4) is 0 Å². The lowest BCUT2D eigenvalue weighted by Gasteiger charge is -2.08. The molecule has 4 rings (SSSR count). The molecule has 0 bridgehead atoms. The number of halogens is 4. The second-order valence-electron chi connectivity index (χ2n) is 6.79. The highest BCUT2D eigenvalue weighted by atomic mass is 35.5. The topological polar surface area (TPSA) is 59.7 Å². The van der Waals surface area contributed by atoms with Crippen molar-refractivity contribution in [1.29, 1.82) is 0 Å². The van der Waals surface area contributed by atoms with Gasteiger partial charge in [0, 0.05) is 39.6 Å². The molecule has 0 saturated heterocycles. The van der Waals surface area contributed by atoms with Gasteiger partial charge in [0.1, 0.15) is 10.8 Å². The Morgan fingerprint density at radius 3 is 2.38 bits per heavy atom. The third-order valence-corrected chi connectivity index (χ3v) is 5.69. The Balaban J connectivity index is 1.39. The molecule has 0 radical (unpaired) electrons. The summed E-state index contributed by atoms with van der Waals surface area (Å²) in [6.07, 6.45) is 3.38. The van der Waals surface area contributed by atoms with Crippen LogP contribution in [0.1, 0.15) is 11.1 Å². The van der Waals surface area contributed by atoms with E-state index >= 15 is 0 Å². The van der Waals surface area contributed by atoms with E-state index in [9.17, 15) is 4.39 Å². The van der Waals surface area contributed by atoms with Gasteiger partial charge in [-0.2, -0.15) is 10.2 Å². The largest absolute Gasteiger partial charge is 0.316 e. The van der Waals surface area contributed by atoms with E-state index in [4.69, 9.17) is 47.0 Å². The van der Waals surface area contributed by atoms with Gasteiger partial charge in [-0.15, -0.1) is 0 Å². The van der Waals surface area contributed by atoms with E-state index in [-0.39, 0.29) is 10.9 Å². The second-order valence-corrected chi connectivity index (χ2v) is 8.42. The summed E-state index contributed by atoms with van der Waals surface area (Å²) in [6, 6.07) is 13.6. The maximum absolute atomic E-state index is 13.8. The second kappa shape index (κ2) is 9.87. The highest BCUT2D eigenvalue weighted by Gasteiger charge is 2.13. The van der Waals surface area contributed by atoms with E-state index in [1.807, 2.05) is 0 Å². The molecule has 0 aliphatic heterocycles. The molecule has 2 aromatic heterocycles. The number of thiocarbonyl (C=S) groups is 1. The first-order chi connectivity index (χ1) is 15.4. The third kappa shape index (κ3) is 5.39. The zero-order valence-electron chi connectivity index (χ0n) is 16.4. The fourth-order valence-corrected chi connectivity index (χ4v) is 3.90. The Kier molecular flexibility index (Phi) is 6.95. The van der Waals surface area contributed by atoms with Crippen molar-refractivity contribution in [2.24, 2.45) is 0 Å². The smallest absolute Gasteiger partial charge is 0.177 e. The first-order valence-corrected chi connectivity index (χ1v) is 10.9. The SMILES string of the molecule is Fc1ccccc1Cn1ccc(NC(=S)Nc2nn(Cc3c(Cl)cccc3Cl)cc2Cl)n1. The molecule has 32 heavy (non-hydrogen) atoms. The summed E-state index contributed by atoms with van der Waals surface area (Å²) in [6.45, 7) is 0.649. The standard InChI is InChI=1S/C21H16Cl3FN6S/c22-15-5-3-6-16(23)14(15)11-31-12-17(24)20(29-31)27-21(32)26-19-8-9-30(28-19)10-13-4-1-2-7-18(13)25/h1-9,12H,10-11H2,(H2,26,27,28,29,32). The Bertz CT molecular complexity index is 1250. The molecule has 6 nitrogen and oxygen atoms in total. The van der Waals surface area contributed by atoms with Crippen molar-refractivity contribution in [3.8, 4) is 0 Å². The Morgan fingerprint density at radius 1 is 0.875 bits per heavy atom. The summed E-state index contributed by atoms with van der Waals surface area (Å²) in [5.41, 5.74) is 1.28. The molecule has 2 heterocycles. The lowest BCUT2D eigenvalue weighted by atomic mass is 10.2. The molecule has 0 amide bonds. The lowest BCUT2D eigenvalue weighted by molar-refractivity contribution is 0.586. The Labute approximate surface area is 203 Å². The van der Waals surface area contributed by atoms with Gasteiger partial charge in [-0.3, -0.25) is 9.36 Å². The minimum atomic E-state index is -0.280. The van der Waals surface area contributed by atoms with Gasteiger partial charge in [-0.05, 0) is 30.4 Å². The van der Waals surface area contributed by atoms with Crippen LogP contribution in [-0.2, 0) is 13.1 Å². The molecular formula is C21H16Cl3FN6S. The Morgan fingerprint density at radius 2 is 1.62 bits per heavy atom. The first kappa shape index (κ1) is 22.5. The van der Waals surface area contributed by atoms with Crippen molar-refractivity contribution in [2.75, 3.05) is 10.6 Å². The average molecular weight is 510 g/mol. The quantitative estimate of drug-likeness (QED) is 0.308. The van der Waals surface area contributed by atoms with Crippen LogP contribution in [0.2, 0.25) is 15.1 Å². The zero-order chi connectivity index (χ0) is 22.7. The van der Waals surface area contributed by atoms with E-state index < -0.39 is 0 Å². The molecule has 0 spiro atoms. The summed E-state index contributed by atoms with van der Waals surface area (Å²) in [5, 5.41) is 16.4. The van der Waals surface area contributed by atoms with Crippen LogP contribution in [0.15, 0.2) is 60.9 Å². The summed E-state index contributed by atoms with van der Waals surface area (Å²) in [4.78, 5) is 0. The van der Waals surface area contributed by atoms with Crippen molar-refractivity contribution >= 4 is 63.8 Å². The van der Waals surface area contributed by atoms with Crippen molar-refractivity contribution in [2.45, 2.75) is 13.1 Å². The van der Waals surface area contributed by atoms with Crippen molar-refractivity contribution in [1.82, 2.24) is 19.6 Å². The van der Waals surface area contributed by atoms with Crippen LogP contribution in [0.5, 0.6) is 0 Å². The first-order valence-electron chi connectivity index (χ1n) is 9.40. The normalized spacial score (nSPS) is 10.9. The van der Waals surface area contributed by atoms with Gasteiger partial charge in [0.15, 0.2) is 16.7 Å². The molecule has 0 fully saturated rings. The van der Waals surface area contributed by atoms with E-state index in [1.165, 1.54) is 6.07 Å². The van der Waals surface area contributed by atoms with Crippen LogP contribution in [-0.4, -0.2) is 24.7 Å². The van der Waals surface area contributed by atoms with Crippen LogP contribution >= 0.6 is 47.0 Å². The van der Waals surface area contributed by atoms with Gasteiger partial charge in [0.25, 0.3) is 0 Å². The van der Waals surface area contributed by atoms with Gasteiger partial charge in [-0.1, -0.05) is 59.1 Å². The van der Waals surface area contributed by atoms with E-state index in [2.05, 4.69) is 20.8 Å². The number of rotatable bonds is 6. The number of benzene rings is 2. The molecule has 164 valence electrons. The molecule has 4 aromatic rings. The summed E-state index contributed by atoms with van der Waals surface area (Å²) >= 11 is 24.1. The van der Waals surface area contributed by atoms with Crippen LogP contribution < -0.4 is 10.6 Å². The maximum Gasteiger partial charge on any atom is 0.177 e. The fourth-order valence-electron chi connectivity index (χ4n) is 2.98. The number of hydrogen-bond donors (Lipinski definition) is 2. The molecule has 0 atom stereocenters. The van der Waals surface area contributed by atoms with Gasteiger partial charge in [0.2, 0.25) is 0 Å². The molecule has 0 aliphatic rings. The van der Waals surface area contributed by atoms with E-state index in [1.54, 1.807) is 64.2 Å². The Hall–Kier alpha value is -2.65. The molecule has 2 aromatic carbocycles. The van der Waals surface area contributed by atoms with Crippen LogP contribution in [0.4, 0.5) is 16.0 Å². The molecule has 11 heteroatoms. The minimum Gasteiger partial charge on any atom is -0.316 e. The lowest BCUT2D eigenvalue weighted by Crippen LogP contribution is -2.20. The molecule has 0 saturated carbocycles. The predicted molar refractivity (Wildman–Crippen MR) is 130 cm³/mol. The van der Waals surface area contributed by atoms with Crippen LogP contribution in [0.25, 0.3) is 0 Å². The fraction of sp³-hybridized carbons (Fsp3) is 0.0952. The summed E-state index contributed by atoms with van der Waals surface area (Å²) < 4.78 is 17.1. The number of aromatic nitrogens is 4. The van der Waals surface area contributed by atoms with E-state index in [0.717, 1.165) is 5.56 Å². The van der Waals surface area contributed by atoms with E-state index in [0.29, 0.717) is 45.4 Å². The molecule has 2 N–H and O–H groups in total. The van der Waals surface area contributed by atoms with Crippen molar-refractivity contribution in [3.05, 3.63) is 92.9 Å². The highest BCUT2D eigenvalue weighted by Crippen LogP contribution is 2.27. The molecule has 0 aliphatic carbocycles.